The van der Waals surface area contributed by atoms with Crippen molar-refractivity contribution in [1.82, 2.24) is 0 Å². The highest BCUT2D eigenvalue weighted by Gasteiger charge is 2.47. The van der Waals surface area contributed by atoms with Gasteiger partial charge in [0.15, 0.2) is 0 Å². The Hall–Kier alpha value is -1.35. The summed E-state index contributed by atoms with van der Waals surface area (Å²) in [5.41, 5.74) is 2.89. The molecule has 0 amide bonds. The highest BCUT2D eigenvalue weighted by atomic mass is 32.2. The van der Waals surface area contributed by atoms with E-state index < -0.39 is 0 Å². The maximum atomic E-state index is 15.5. The van der Waals surface area contributed by atoms with Crippen molar-refractivity contribution < 1.29 is 4.39 Å². The molecule has 0 bridgehead atoms. The molecule has 296 valence electrons. The minimum Gasteiger partial charge on any atom is -0.211 e. The van der Waals surface area contributed by atoms with E-state index in [2.05, 4.69) is 91.8 Å². The zero-order chi connectivity index (χ0) is 38.9. The largest absolute Gasteiger partial charge is 0.211 e. The van der Waals surface area contributed by atoms with Gasteiger partial charge in [0.05, 0.1) is 5.92 Å². The van der Waals surface area contributed by atoms with Crippen LogP contribution < -0.4 is 0 Å². The molecule has 0 spiro atoms. The minimum atomic E-state index is -0.129. The zero-order valence-corrected chi connectivity index (χ0v) is 39.3. The summed E-state index contributed by atoms with van der Waals surface area (Å²) in [6.07, 6.45) is 18.3. The molecule has 0 radical (unpaired) electrons. The Kier molecular flexibility index (Phi) is 13.6. The number of halogens is 1. The lowest BCUT2D eigenvalue weighted by molar-refractivity contribution is 0.340. The molecule has 5 aromatic rings. The van der Waals surface area contributed by atoms with Crippen molar-refractivity contribution in [2.45, 2.75) is 156 Å². The molecule has 2 aliphatic heterocycles. The van der Waals surface area contributed by atoms with Crippen molar-refractivity contribution in [2.24, 2.45) is 11.3 Å². The standard InChI is InChI=1S/C48H61FS6/c1-9-11-13-15-17-19-21-30-23-25-35(51-30)39-32-27-37(44-45-41(34(49)29-50-45)46(55-44)48(6,7)8)53-42(32)40(33-28-38(47(3,4)5)54-43(33)39)36-26-24-31(52-36)22-20-18-16-14-12-10-2/h23-29,41,46H,9-22H2,1-8H3. The SMILES string of the molecule is CCCCCCCCc1ccc(-c2c3cc(C(C)(C)C)sc3c(-c3ccc(CCCCCCCC)s3)c3cc(C4=C5SC=C(F)C5C(C(C)(C)C)S4)sc23)s1. The lowest BCUT2D eigenvalue weighted by atomic mass is 9.83. The molecule has 0 saturated heterocycles. The van der Waals surface area contributed by atoms with Crippen molar-refractivity contribution in [1.29, 1.82) is 0 Å². The predicted molar refractivity (Wildman–Crippen MR) is 255 cm³/mol. The second kappa shape index (κ2) is 17.9. The summed E-state index contributed by atoms with van der Waals surface area (Å²) in [7, 11) is 0. The molecule has 4 aromatic heterocycles. The average Bonchev–Trinajstić information content (AvgIpc) is 3.98. The normalized spacial score (nSPS) is 17.7. The molecule has 0 nitrogen and oxygen atoms in total. The van der Waals surface area contributed by atoms with Gasteiger partial charge in [0.25, 0.3) is 0 Å². The Morgan fingerprint density at radius 1 is 0.600 bits per heavy atom. The summed E-state index contributed by atoms with van der Waals surface area (Å²) in [5, 5.41) is 4.76. The number of rotatable bonds is 17. The van der Waals surface area contributed by atoms with Crippen LogP contribution in [0.15, 0.2) is 52.5 Å². The molecule has 0 saturated carbocycles. The summed E-state index contributed by atoms with van der Waals surface area (Å²) in [4.78, 5) is 11.1. The second-order valence-corrected chi connectivity index (χ2v) is 24.5. The molecule has 2 atom stereocenters. The number of hydrogen-bond acceptors (Lipinski definition) is 6. The Labute approximate surface area is 355 Å². The lowest BCUT2D eigenvalue weighted by Crippen LogP contribution is -2.28. The van der Waals surface area contributed by atoms with Gasteiger partial charge in [0.2, 0.25) is 0 Å². The quantitative estimate of drug-likeness (QED) is 0.0855. The van der Waals surface area contributed by atoms with Crippen LogP contribution in [0, 0.1) is 11.3 Å². The molecule has 6 heterocycles. The van der Waals surface area contributed by atoms with E-state index in [0.717, 1.165) is 0 Å². The van der Waals surface area contributed by atoms with E-state index in [-0.39, 0.29) is 27.8 Å². The second-order valence-electron chi connectivity index (χ2n) is 18.0. The van der Waals surface area contributed by atoms with Crippen LogP contribution in [0.5, 0.6) is 0 Å². The molecule has 7 rings (SSSR count). The monoisotopic (exact) mass is 848 g/mol. The van der Waals surface area contributed by atoms with Crippen LogP contribution in [-0.2, 0) is 18.3 Å². The summed E-state index contributed by atoms with van der Waals surface area (Å²) in [6, 6.07) is 14.7. The molecule has 2 unspecified atom stereocenters. The van der Waals surface area contributed by atoms with Crippen molar-refractivity contribution in [3.63, 3.8) is 0 Å². The minimum absolute atomic E-state index is 0.00980. The van der Waals surface area contributed by atoms with Gasteiger partial charge in [0.1, 0.15) is 5.83 Å². The third-order valence-electron chi connectivity index (χ3n) is 11.3. The number of allylic oxidation sites excluding steroid dienone is 2. The summed E-state index contributed by atoms with van der Waals surface area (Å²) in [6.45, 7) is 18.5. The fourth-order valence-electron chi connectivity index (χ4n) is 8.17. The van der Waals surface area contributed by atoms with Gasteiger partial charge in [-0.3, -0.25) is 0 Å². The maximum Gasteiger partial charge on any atom is 0.116 e. The van der Waals surface area contributed by atoms with Gasteiger partial charge in [0, 0.05) is 81.0 Å². The first-order valence-corrected chi connectivity index (χ1v) is 26.1. The van der Waals surface area contributed by atoms with E-state index in [9.17, 15) is 0 Å². The van der Waals surface area contributed by atoms with Gasteiger partial charge in [-0.2, -0.15) is 0 Å². The number of benzene rings is 1. The first-order valence-electron chi connectivity index (χ1n) is 21.0. The number of fused-ring (bicyclic) bond motifs is 3. The van der Waals surface area contributed by atoms with E-state index in [4.69, 9.17) is 0 Å². The van der Waals surface area contributed by atoms with Crippen LogP contribution in [0.1, 0.15) is 152 Å². The maximum absolute atomic E-state index is 15.5. The summed E-state index contributed by atoms with van der Waals surface area (Å²) < 4.78 is 18.4. The van der Waals surface area contributed by atoms with Crippen molar-refractivity contribution in [2.75, 3.05) is 0 Å². The smallest absolute Gasteiger partial charge is 0.116 e. The van der Waals surface area contributed by atoms with Crippen LogP contribution in [-0.4, -0.2) is 5.25 Å². The van der Waals surface area contributed by atoms with Crippen LogP contribution in [0.25, 0.3) is 46.0 Å². The number of thioether (sulfide) groups is 2. The van der Waals surface area contributed by atoms with Gasteiger partial charge in [-0.05, 0) is 72.9 Å². The topological polar surface area (TPSA) is 0 Å². The van der Waals surface area contributed by atoms with E-state index in [1.807, 2.05) is 57.1 Å². The van der Waals surface area contributed by atoms with Crippen molar-refractivity contribution >= 4 is 93.9 Å². The van der Waals surface area contributed by atoms with Crippen molar-refractivity contribution in [3.05, 3.63) is 72.0 Å². The lowest BCUT2D eigenvalue weighted by Gasteiger charge is -2.30. The number of aryl methyl sites for hydroxylation is 2. The van der Waals surface area contributed by atoms with Gasteiger partial charge >= 0.3 is 0 Å². The van der Waals surface area contributed by atoms with Crippen LogP contribution >= 0.6 is 68.9 Å². The molecule has 1 aromatic carbocycles. The van der Waals surface area contributed by atoms with Gasteiger partial charge < -0.3 is 0 Å². The van der Waals surface area contributed by atoms with Crippen LogP contribution in [0.4, 0.5) is 4.39 Å². The number of hydrogen-bond donors (Lipinski definition) is 0. The highest BCUT2D eigenvalue weighted by molar-refractivity contribution is 8.13. The molecular weight excluding hydrogens is 788 g/mol. The van der Waals surface area contributed by atoms with E-state index in [1.165, 1.54) is 160 Å². The van der Waals surface area contributed by atoms with Gasteiger partial charge in [-0.15, -0.1) is 57.1 Å². The van der Waals surface area contributed by atoms with E-state index in [1.54, 1.807) is 17.2 Å². The van der Waals surface area contributed by atoms with Gasteiger partial charge in [-0.25, -0.2) is 4.39 Å². The molecule has 7 heteroatoms. The molecular formula is C48H61FS6. The fraction of sp³-hybridized carbons (Fsp3) is 0.542. The molecule has 55 heavy (non-hydrogen) atoms. The predicted octanol–water partition coefficient (Wildman–Crippen LogP) is 18.7. The summed E-state index contributed by atoms with van der Waals surface area (Å²) >= 11 is 11.6. The van der Waals surface area contributed by atoms with E-state index in [0.29, 0.717) is 0 Å². The van der Waals surface area contributed by atoms with Crippen LogP contribution in [0.3, 0.4) is 0 Å². The van der Waals surface area contributed by atoms with Crippen molar-refractivity contribution in [3.8, 4) is 20.9 Å². The average molecular weight is 849 g/mol. The third-order valence-corrected chi connectivity index (χ3v) is 19.6. The number of unbranched alkanes of at least 4 members (excludes halogenated alkanes) is 10. The Bertz CT molecular complexity index is 2040. The fourth-order valence-corrected chi connectivity index (χ4v) is 16.2. The first-order chi connectivity index (χ1) is 26.4. The Morgan fingerprint density at radius 3 is 1.67 bits per heavy atom. The van der Waals surface area contributed by atoms with E-state index >= 15 is 4.39 Å². The third kappa shape index (κ3) is 9.13. The molecule has 0 fully saturated rings. The Balaban J connectivity index is 1.35. The molecule has 0 N–H and O–H groups in total. The zero-order valence-electron chi connectivity index (χ0n) is 34.4. The summed E-state index contributed by atoms with van der Waals surface area (Å²) in [5.74, 6) is -0.0799. The van der Waals surface area contributed by atoms with Crippen LogP contribution in [0.2, 0.25) is 0 Å². The molecule has 0 aliphatic carbocycles. The first kappa shape index (κ1) is 41.8. The number of thiophene rings is 4. The molecule has 2 aliphatic rings. The van der Waals surface area contributed by atoms with Gasteiger partial charge in [-0.1, -0.05) is 131 Å². The Morgan fingerprint density at radius 2 is 1.13 bits per heavy atom. The highest BCUT2D eigenvalue weighted by Crippen LogP contribution is 2.64.